The van der Waals surface area contributed by atoms with Crippen LogP contribution in [0.1, 0.15) is 151 Å². The van der Waals surface area contributed by atoms with Gasteiger partial charge in [0.25, 0.3) is 16.7 Å². The topological polar surface area (TPSA) is 363 Å². The van der Waals surface area contributed by atoms with Crippen LogP contribution >= 0.6 is 139 Å². The van der Waals surface area contributed by atoms with Crippen LogP contribution in [-0.4, -0.2) is 152 Å². The summed E-state index contributed by atoms with van der Waals surface area (Å²) in [6.45, 7) is 40.8. The van der Waals surface area contributed by atoms with Crippen molar-refractivity contribution in [2.24, 2.45) is 0 Å². The number of rotatable bonds is 15. The number of nitrogen functional groups attached to an aromatic ring is 3. The molecular weight excluding hydrogens is 2060 g/mol. The second kappa shape index (κ2) is 42.1. The van der Waals surface area contributed by atoms with E-state index in [0.717, 1.165) is 0 Å². The Labute approximate surface area is 869 Å². The summed E-state index contributed by atoms with van der Waals surface area (Å²) in [5.41, 5.74) is 20.4. The SMILES string of the molecule is C=CC(=O)N1[C@H](C)CN(c2c(C#N)c(=O)n(-c3c(C)ccnc3C(C)C)c3nc(-c4c(Cl)c(N)c(Cl)c(F)c4Cl)c(Cl)cc23)C[C@@H]1C.C=CC(=O)N1[C@H](C)CN(c2c(C#N)c(=O)n(-c3c(C)ccnc3C(C)C)c3nc(-c4c(Cl)c(N)c(Cl)c(F)c4Cl)c(Cl)cc23)C[C@@H]1C.C=CC(=O)N1[C@H](C)CN(c2c(C#N)c(=O)n(-c3c(C)ccnc3C(C)C)c3nc(-c4c(F)c(Cl)c(Cl)c(N)c4Cl)c(Cl)cc23)C[C@@H]1C. The highest BCUT2D eigenvalue weighted by molar-refractivity contribution is 6.49. The highest BCUT2D eigenvalue weighted by Crippen LogP contribution is 2.52. The molecule has 0 aliphatic carbocycles. The van der Waals surface area contributed by atoms with Crippen LogP contribution in [0.3, 0.4) is 0 Å². The molecule has 3 amide bonds. The molecule has 0 spiro atoms. The quantitative estimate of drug-likeness (QED) is 0.0371. The minimum absolute atomic E-state index is 0.00804. The molecule has 3 aliphatic heterocycles. The zero-order valence-electron chi connectivity index (χ0n) is 78.4. The van der Waals surface area contributed by atoms with Crippen LogP contribution in [0.15, 0.2) is 107 Å². The van der Waals surface area contributed by atoms with Crippen LogP contribution in [-0.2, 0) is 14.4 Å². The second-order valence-electron chi connectivity index (χ2n) is 35.3. The van der Waals surface area contributed by atoms with Crippen LogP contribution in [0, 0.1) is 72.2 Å². The Bertz CT molecular complexity index is 6860. The fraction of sp³-hybridized carbons (Fsp3) is 0.303. The van der Waals surface area contributed by atoms with Crippen molar-refractivity contribution in [3.8, 4) is 69.0 Å². The summed E-state index contributed by atoms with van der Waals surface area (Å²) >= 11 is 77.5. The molecule has 27 nitrogen and oxygen atoms in total. The molecule has 3 aliphatic rings. The second-order valence-corrected chi connectivity index (χ2v) is 40.0. The maximum atomic E-state index is 15.8. The molecule has 3 fully saturated rings. The number of nitrogens with zero attached hydrogens (tertiary/aromatic N) is 18. The van der Waals surface area contributed by atoms with Crippen LogP contribution in [0.5, 0.6) is 0 Å². The van der Waals surface area contributed by atoms with Crippen LogP contribution in [0.4, 0.5) is 47.3 Å². The number of halogens is 15. The van der Waals surface area contributed by atoms with Gasteiger partial charge in [-0.05, 0) is 151 Å². The van der Waals surface area contributed by atoms with E-state index in [2.05, 4.69) is 52.9 Å². The van der Waals surface area contributed by atoms with Crippen molar-refractivity contribution >= 4 is 224 Å². The Kier molecular flexibility index (Phi) is 31.9. The molecule has 12 aromatic rings. The maximum Gasteiger partial charge on any atom is 0.276 e. The molecule has 6 atom stereocenters. The Hall–Kier alpha value is -11.6. The van der Waals surface area contributed by atoms with Crippen LogP contribution in [0.25, 0.3) is 83.9 Å². The highest BCUT2D eigenvalue weighted by atomic mass is 35.5. The number of fused-ring (bicyclic) bond motifs is 3. The minimum Gasteiger partial charge on any atom is -0.396 e. The van der Waals surface area contributed by atoms with Gasteiger partial charge in [-0.15, -0.1) is 0 Å². The van der Waals surface area contributed by atoms with Gasteiger partial charge in [0.15, 0.2) is 17.5 Å². The van der Waals surface area contributed by atoms with Crippen molar-refractivity contribution in [1.82, 2.24) is 58.3 Å². The third kappa shape index (κ3) is 18.8. The molecule has 3 saturated heterocycles. The summed E-state index contributed by atoms with van der Waals surface area (Å²) in [7, 11) is 0. The lowest BCUT2D eigenvalue weighted by Gasteiger charge is -2.45. The van der Waals surface area contributed by atoms with Crippen molar-refractivity contribution in [1.29, 1.82) is 15.8 Å². The number of amides is 3. The van der Waals surface area contributed by atoms with Gasteiger partial charge in [-0.1, -0.05) is 200 Å². The number of anilines is 6. The first-order chi connectivity index (χ1) is 66.5. The van der Waals surface area contributed by atoms with Gasteiger partial charge in [-0.25, -0.2) is 28.1 Å². The van der Waals surface area contributed by atoms with Crippen molar-refractivity contribution in [2.75, 3.05) is 71.2 Å². The number of nitriles is 3. The van der Waals surface area contributed by atoms with Gasteiger partial charge in [-0.2, -0.15) is 15.8 Å². The van der Waals surface area contributed by atoms with Crippen LogP contribution < -0.4 is 48.6 Å². The van der Waals surface area contributed by atoms with Crippen molar-refractivity contribution in [3.05, 3.63) is 252 Å². The normalized spacial score (nSPS) is 16.6. The van der Waals surface area contributed by atoms with E-state index in [1.165, 1.54) is 50.1 Å². The zero-order valence-corrected chi connectivity index (χ0v) is 87.5. The summed E-state index contributed by atoms with van der Waals surface area (Å²) < 4.78 is 50.1. The van der Waals surface area contributed by atoms with Gasteiger partial charge in [0.05, 0.1) is 141 Å². The Morgan fingerprint density at radius 2 is 0.624 bits per heavy atom. The molecule has 15 rings (SSSR count). The number of carbonyl (C=O) groups excluding carboxylic acids is 3. The lowest BCUT2D eigenvalue weighted by atomic mass is 10.0. The predicted molar refractivity (Wildman–Crippen MR) is 560 cm³/mol. The molecule has 0 saturated carbocycles. The number of benzene rings is 3. The Balaban J connectivity index is 0.000000178. The van der Waals surface area contributed by atoms with Gasteiger partial charge in [0.2, 0.25) is 17.7 Å². The fourth-order valence-corrected chi connectivity index (χ4v) is 22.0. The lowest BCUT2D eigenvalue weighted by molar-refractivity contribution is -0.131. The summed E-state index contributed by atoms with van der Waals surface area (Å²) in [6.07, 6.45) is 8.70. The predicted octanol–water partition coefficient (Wildman–Crippen LogP) is 23.1. The molecule has 6 N–H and O–H groups in total. The fourth-order valence-electron chi connectivity index (χ4n) is 18.8. The third-order valence-corrected chi connectivity index (χ3v) is 29.3. The molecule has 42 heteroatoms. The summed E-state index contributed by atoms with van der Waals surface area (Å²) in [5, 5.41) is 29.4. The van der Waals surface area contributed by atoms with Gasteiger partial charge in [-0.3, -0.25) is 57.4 Å². The molecule has 0 bridgehead atoms. The lowest BCUT2D eigenvalue weighted by Crippen LogP contribution is -2.58. The largest absolute Gasteiger partial charge is 0.396 e. The van der Waals surface area contributed by atoms with E-state index < -0.39 is 59.2 Å². The summed E-state index contributed by atoms with van der Waals surface area (Å²) in [5.74, 6) is -4.10. The van der Waals surface area contributed by atoms with E-state index in [1.54, 1.807) is 51.5 Å². The van der Waals surface area contributed by atoms with Crippen LogP contribution in [0.2, 0.25) is 60.3 Å². The minimum atomic E-state index is -1.01. The summed E-state index contributed by atoms with van der Waals surface area (Å²) in [4.78, 5) is 121. The van der Waals surface area contributed by atoms with E-state index >= 15 is 13.2 Å². The molecule has 732 valence electrons. The van der Waals surface area contributed by atoms with E-state index in [4.69, 9.17) is 171 Å². The first-order valence-electron chi connectivity index (χ1n) is 43.9. The van der Waals surface area contributed by atoms with Gasteiger partial charge < -0.3 is 46.6 Å². The Morgan fingerprint density at radius 1 is 0.383 bits per heavy atom. The van der Waals surface area contributed by atoms with E-state index in [1.807, 2.05) is 119 Å². The first-order valence-corrected chi connectivity index (χ1v) is 48.4. The number of hydrogen-bond acceptors (Lipinski definition) is 21. The number of aromatic nitrogens is 9. The number of pyridine rings is 9. The summed E-state index contributed by atoms with van der Waals surface area (Å²) in [6, 6.07) is 14.4. The maximum absolute atomic E-state index is 15.8. The average Bonchev–Trinajstić information content (AvgIpc) is 0.725. The molecule has 3 aromatic carbocycles. The number of hydrogen-bond donors (Lipinski definition) is 3. The van der Waals surface area contributed by atoms with E-state index in [9.17, 15) is 44.6 Å². The molecule has 141 heavy (non-hydrogen) atoms. The van der Waals surface area contributed by atoms with Crippen molar-refractivity contribution < 1.29 is 27.6 Å². The Morgan fingerprint density at radius 3 is 0.865 bits per heavy atom. The third-order valence-electron chi connectivity index (χ3n) is 24.9. The molecule has 9 aromatic heterocycles. The van der Waals surface area contributed by atoms with E-state index in [0.29, 0.717) is 78.4 Å². The number of aryl methyl sites for hydroxylation is 3. The number of nitrogens with two attached hydrogens (primary N) is 3. The van der Waals surface area contributed by atoms with E-state index in [-0.39, 0.29) is 236 Å². The van der Waals surface area contributed by atoms with Crippen molar-refractivity contribution in [3.63, 3.8) is 0 Å². The molecule has 12 heterocycles. The first kappa shape index (κ1) is 107. The number of carbonyl (C=O) groups is 3. The average molecular weight is 2150 g/mol. The molecular formula is C99H90Cl12F3N21O6. The van der Waals surface area contributed by atoms with Gasteiger partial charge >= 0.3 is 0 Å². The van der Waals surface area contributed by atoms with Gasteiger partial charge in [0, 0.05) is 121 Å². The zero-order chi connectivity index (χ0) is 104. The molecule has 0 unspecified atom stereocenters. The van der Waals surface area contributed by atoms with Crippen molar-refractivity contribution in [2.45, 2.75) is 158 Å². The number of piperazine rings is 3. The standard InChI is InChI=1S/3C33H30Cl4FN7O2/c1-7-21(46)44-16(5)12-43(13-17(44)6)31-18-10-20(34)29(22-23(35)27(40)25(37)24(36)26(22)38)42-32(18)45(33(47)19(31)11-39)30-15(4)8-9-41-28(30)14(2)3;2*1-7-21(46)44-16(5)12-43(13-17(44)6)31-18-10-20(34)29(22-23(35)26(38)25(37)27(40)24(22)36)42-32(18)45(33(47)19(31)11-39)30-15(4)8-9-41-28(30)14(2)3/h3*7-10,14,16-17H,1,12-13,40H2,2-6H3/t3*16-,17+. The monoisotopic (exact) mass is 2150 g/mol. The molecule has 0 radical (unpaired) electrons. The van der Waals surface area contributed by atoms with Gasteiger partial charge in [0.1, 0.15) is 61.9 Å². The smallest absolute Gasteiger partial charge is 0.276 e. The highest BCUT2D eigenvalue weighted by Gasteiger charge is 2.42.